The van der Waals surface area contributed by atoms with Crippen molar-refractivity contribution in [1.29, 1.82) is 0 Å². The molecule has 2 aromatic rings. The van der Waals surface area contributed by atoms with Crippen LogP contribution in [-0.4, -0.2) is 23.3 Å². The number of hydrogen-bond donors (Lipinski definition) is 1. The molecular formula is C17H18N2O3. The van der Waals surface area contributed by atoms with Crippen LogP contribution in [0.2, 0.25) is 0 Å². The van der Waals surface area contributed by atoms with Crippen LogP contribution in [0.1, 0.15) is 17.7 Å². The lowest BCUT2D eigenvalue weighted by molar-refractivity contribution is -0.128. The van der Waals surface area contributed by atoms with Crippen LogP contribution in [0.5, 0.6) is 0 Å². The number of nitrogens with one attached hydrogen (secondary N) is 1. The van der Waals surface area contributed by atoms with Crippen LogP contribution in [0, 0.1) is 12.8 Å². The second-order valence-corrected chi connectivity index (χ2v) is 5.61. The summed E-state index contributed by atoms with van der Waals surface area (Å²) in [4.78, 5) is 26.0. The molecule has 22 heavy (non-hydrogen) atoms. The number of amides is 2. The molecule has 2 heterocycles. The first-order valence-electron chi connectivity index (χ1n) is 7.29. The van der Waals surface area contributed by atoms with Crippen molar-refractivity contribution in [3.63, 3.8) is 0 Å². The number of rotatable bonds is 4. The van der Waals surface area contributed by atoms with Crippen molar-refractivity contribution in [2.75, 3.05) is 11.9 Å². The molecule has 1 aromatic heterocycles. The maximum atomic E-state index is 12.3. The third kappa shape index (κ3) is 3.19. The molecule has 3 rings (SSSR count). The van der Waals surface area contributed by atoms with E-state index in [1.807, 2.05) is 37.3 Å². The number of likely N-dealkylation sites (tertiary alicyclic amines) is 1. The molecule has 0 radical (unpaired) electrons. The Morgan fingerprint density at radius 3 is 2.95 bits per heavy atom. The molecule has 5 heteroatoms. The highest BCUT2D eigenvalue weighted by molar-refractivity contribution is 5.97. The van der Waals surface area contributed by atoms with Gasteiger partial charge in [-0.2, -0.15) is 0 Å². The third-order valence-corrected chi connectivity index (χ3v) is 3.80. The van der Waals surface area contributed by atoms with Gasteiger partial charge in [0, 0.05) is 18.7 Å². The predicted molar refractivity (Wildman–Crippen MR) is 82.0 cm³/mol. The zero-order valence-corrected chi connectivity index (χ0v) is 12.4. The number of benzene rings is 1. The summed E-state index contributed by atoms with van der Waals surface area (Å²) in [5, 5.41) is 2.88. The topological polar surface area (TPSA) is 62.6 Å². The number of nitrogens with zero attached hydrogens (tertiary/aromatic N) is 1. The minimum Gasteiger partial charge on any atom is -0.467 e. The van der Waals surface area contributed by atoms with Crippen LogP contribution in [-0.2, 0) is 16.1 Å². The molecule has 1 N–H and O–H groups in total. The molecule has 1 aliphatic rings. The van der Waals surface area contributed by atoms with E-state index in [-0.39, 0.29) is 24.2 Å². The molecule has 1 aliphatic heterocycles. The van der Waals surface area contributed by atoms with Crippen LogP contribution < -0.4 is 5.32 Å². The molecule has 114 valence electrons. The molecule has 1 saturated heterocycles. The fourth-order valence-electron chi connectivity index (χ4n) is 2.66. The van der Waals surface area contributed by atoms with Gasteiger partial charge in [-0.25, -0.2) is 0 Å². The summed E-state index contributed by atoms with van der Waals surface area (Å²) >= 11 is 0. The van der Waals surface area contributed by atoms with Crippen molar-refractivity contribution < 1.29 is 14.0 Å². The van der Waals surface area contributed by atoms with Gasteiger partial charge in [0.25, 0.3) is 0 Å². The van der Waals surface area contributed by atoms with Gasteiger partial charge in [0.15, 0.2) is 0 Å². The summed E-state index contributed by atoms with van der Waals surface area (Å²) in [6.45, 7) is 2.82. The smallest absolute Gasteiger partial charge is 0.229 e. The molecule has 5 nitrogen and oxygen atoms in total. The van der Waals surface area contributed by atoms with Crippen LogP contribution in [0.3, 0.4) is 0 Å². The Morgan fingerprint density at radius 2 is 2.23 bits per heavy atom. The highest BCUT2D eigenvalue weighted by atomic mass is 16.3. The van der Waals surface area contributed by atoms with Crippen molar-refractivity contribution in [2.24, 2.45) is 5.92 Å². The zero-order valence-electron chi connectivity index (χ0n) is 12.4. The molecule has 0 saturated carbocycles. The lowest BCUT2D eigenvalue weighted by atomic mass is 10.1. The van der Waals surface area contributed by atoms with Gasteiger partial charge in [-0.3, -0.25) is 9.59 Å². The number of furan rings is 1. The first-order valence-corrected chi connectivity index (χ1v) is 7.29. The zero-order chi connectivity index (χ0) is 15.5. The highest BCUT2D eigenvalue weighted by Gasteiger charge is 2.34. The molecule has 1 atom stereocenters. The Hall–Kier alpha value is -2.56. The third-order valence-electron chi connectivity index (χ3n) is 3.80. The molecule has 1 fully saturated rings. The van der Waals surface area contributed by atoms with Gasteiger partial charge in [-0.05, 0) is 36.8 Å². The van der Waals surface area contributed by atoms with Gasteiger partial charge in [-0.1, -0.05) is 12.1 Å². The van der Waals surface area contributed by atoms with Crippen LogP contribution in [0.25, 0.3) is 0 Å². The lowest BCUT2D eigenvalue weighted by Gasteiger charge is -2.15. The maximum Gasteiger partial charge on any atom is 0.229 e. The second kappa shape index (κ2) is 6.05. The van der Waals surface area contributed by atoms with Crippen molar-refractivity contribution in [3.05, 3.63) is 54.0 Å². The Labute approximate surface area is 128 Å². The minimum absolute atomic E-state index is 0.0132. The summed E-state index contributed by atoms with van der Waals surface area (Å²) in [7, 11) is 0. The first-order chi connectivity index (χ1) is 10.6. The number of carbonyl (C=O) groups is 2. The summed E-state index contributed by atoms with van der Waals surface area (Å²) < 4.78 is 5.25. The normalized spacial score (nSPS) is 17.8. The van der Waals surface area contributed by atoms with Crippen LogP contribution in [0.15, 0.2) is 47.1 Å². The Bertz CT molecular complexity index is 679. The van der Waals surface area contributed by atoms with Crippen molar-refractivity contribution in [3.8, 4) is 0 Å². The van der Waals surface area contributed by atoms with Gasteiger partial charge in [0.1, 0.15) is 5.76 Å². The van der Waals surface area contributed by atoms with Crippen molar-refractivity contribution >= 4 is 17.5 Å². The largest absolute Gasteiger partial charge is 0.467 e. The molecule has 2 amide bonds. The average Bonchev–Trinajstić information content (AvgIpc) is 3.10. The van der Waals surface area contributed by atoms with Crippen LogP contribution >= 0.6 is 0 Å². The number of anilines is 1. The summed E-state index contributed by atoms with van der Waals surface area (Å²) in [6, 6.07) is 11.2. The van der Waals surface area contributed by atoms with E-state index in [0.29, 0.717) is 13.1 Å². The quantitative estimate of drug-likeness (QED) is 0.943. The SMILES string of the molecule is Cc1cccc(NC(=O)[C@@H]2CC(=O)N(Cc3ccco3)C2)c1. The molecule has 0 bridgehead atoms. The maximum absolute atomic E-state index is 12.3. The summed E-state index contributed by atoms with van der Waals surface area (Å²) in [6.07, 6.45) is 1.83. The van der Waals surface area contributed by atoms with E-state index < -0.39 is 0 Å². The molecule has 0 aliphatic carbocycles. The van der Waals surface area contributed by atoms with E-state index in [1.165, 1.54) is 0 Å². The highest BCUT2D eigenvalue weighted by Crippen LogP contribution is 2.22. The van der Waals surface area contributed by atoms with Crippen LogP contribution in [0.4, 0.5) is 5.69 Å². The van der Waals surface area contributed by atoms with E-state index >= 15 is 0 Å². The molecule has 1 aromatic carbocycles. The van der Waals surface area contributed by atoms with Crippen molar-refractivity contribution in [2.45, 2.75) is 19.9 Å². The van der Waals surface area contributed by atoms with E-state index in [1.54, 1.807) is 17.2 Å². The number of aryl methyl sites for hydroxylation is 1. The number of carbonyl (C=O) groups excluding carboxylic acids is 2. The van der Waals surface area contributed by atoms with Gasteiger partial charge in [0.05, 0.1) is 18.7 Å². The van der Waals surface area contributed by atoms with E-state index in [4.69, 9.17) is 4.42 Å². The van der Waals surface area contributed by atoms with Gasteiger partial charge in [-0.15, -0.1) is 0 Å². The molecule has 0 unspecified atom stereocenters. The molecule has 0 spiro atoms. The van der Waals surface area contributed by atoms with E-state index in [0.717, 1.165) is 17.0 Å². The fraction of sp³-hybridized carbons (Fsp3) is 0.294. The second-order valence-electron chi connectivity index (χ2n) is 5.61. The predicted octanol–water partition coefficient (Wildman–Crippen LogP) is 2.58. The fourth-order valence-corrected chi connectivity index (χ4v) is 2.66. The summed E-state index contributed by atoms with van der Waals surface area (Å²) in [5.74, 6) is 0.290. The summed E-state index contributed by atoms with van der Waals surface area (Å²) in [5.41, 5.74) is 1.85. The van der Waals surface area contributed by atoms with E-state index in [2.05, 4.69) is 5.32 Å². The van der Waals surface area contributed by atoms with Gasteiger partial charge < -0.3 is 14.6 Å². The average molecular weight is 298 g/mol. The van der Waals surface area contributed by atoms with Gasteiger partial charge >= 0.3 is 0 Å². The Balaban J connectivity index is 1.61. The monoisotopic (exact) mass is 298 g/mol. The minimum atomic E-state index is -0.317. The van der Waals surface area contributed by atoms with Gasteiger partial charge in [0.2, 0.25) is 11.8 Å². The standard InChI is InChI=1S/C17H18N2O3/c1-12-4-2-5-14(8-12)18-17(21)13-9-16(20)19(10-13)11-15-6-3-7-22-15/h2-8,13H,9-11H2,1H3,(H,18,21)/t13-/m1/s1. The molecular weight excluding hydrogens is 280 g/mol. The Morgan fingerprint density at radius 1 is 1.36 bits per heavy atom. The first kappa shape index (κ1) is 14.4. The van der Waals surface area contributed by atoms with E-state index in [9.17, 15) is 9.59 Å². The Kier molecular flexibility index (Phi) is 3.96. The number of hydrogen-bond acceptors (Lipinski definition) is 3. The van der Waals surface area contributed by atoms with Crippen molar-refractivity contribution in [1.82, 2.24) is 4.90 Å². The lowest BCUT2D eigenvalue weighted by Crippen LogP contribution is -2.27.